The van der Waals surface area contributed by atoms with Crippen LogP contribution in [0.2, 0.25) is 5.02 Å². The van der Waals surface area contributed by atoms with Crippen LogP contribution in [-0.2, 0) is 0 Å². The monoisotopic (exact) mass is 410 g/mol. The summed E-state index contributed by atoms with van der Waals surface area (Å²) in [6, 6.07) is 10.2. The third kappa shape index (κ3) is 3.27. The Morgan fingerprint density at radius 1 is 1.00 bits per heavy atom. The highest BCUT2D eigenvalue weighted by molar-refractivity contribution is 9.10. The summed E-state index contributed by atoms with van der Waals surface area (Å²) < 4.78 is 14.4. The van der Waals surface area contributed by atoms with E-state index in [0.717, 1.165) is 15.6 Å². The van der Waals surface area contributed by atoms with Crippen molar-refractivity contribution in [2.24, 2.45) is 0 Å². The van der Waals surface area contributed by atoms with Gasteiger partial charge in [-0.05, 0) is 57.4 Å². The highest BCUT2D eigenvalue weighted by Gasteiger charge is 2.13. The quantitative estimate of drug-likeness (QED) is 0.505. The van der Waals surface area contributed by atoms with E-state index in [4.69, 9.17) is 23.2 Å². The maximum absolute atomic E-state index is 13.2. The number of hydrogen-bond acceptors (Lipinski definition) is 0. The second-order valence-corrected chi connectivity index (χ2v) is 6.38. The smallest absolute Gasteiger partial charge is 0.137 e. The van der Waals surface area contributed by atoms with Gasteiger partial charge in [0.05, 0.1) is 9.85 Å². The molecule has 0 aliphatic heterocycles. The second kappa shape index (κ2) is 5.91. The zero-order chi connectivity index (χ0) is 13.3. The van der Waals surface area contributed by atoms with Crippen molar-refractivity contribution in [3.63, 3.8) is 0 Å². The predicted molar refractivity (Wildman–Crippen MR) is 80.9 cm³/mol. The molecule has 0 heterocycles. The van der Waals surface area contributed by atoms with Crippen molar-refractivity contribution < 1.29 is 4.39 Å². The van der Waals surface area contributed by atoms with Crippen LogP contribution in [0.25, 0.3) is 0 Å². The van der Waals surface area contributed by atoms with Crippen molar-refractivity contribution in [1.29, 1.82) is 0 Å². The molecule has 0 saturated carbocycles. The van der Waals surface area contributed by atoms with Gasteiger partial charge in [0.1, 0.15) is 5.82 Å². The molecule has 0 radical (unpaired) electrons. The lowest BCUT2D eigenvalue weighted by molar-refractivity contribution is 0.620. The third-order valence-corrected chi connectivity index (χ3v) is 4.20. The average Bonchev–Trinajstić information content (AvgIpc) is 2.30. The van der Waals surface area contributed by atoms with E-state index in [9.17, 15) is 4.39 Å². The summed E-state index contributed by atoms with van der Waals surface area (Å²) in [5.74, 6) is -0.310. The molecular weight excluding hydrogens is 406 g/mol. The first-order valence-corrected chi connectivity index (χ1v) is 7.42. The Hall–Kier alpha value is -0.0900. The number of rotatable bonds is 2. The molecule has 18 heavy (non-hydrogen) atoms. The molecule has 1 unspecified atom stereocenters. The Bertz CT molecular complexity index is 567. The minimum Gasteiger partial charge on any atom is -0.206 e. The summed E-state index contributed by atoms with van der Waals surface area (Å²) in [7, 11) is 0. The minimum atomic E-state index is -0.378. The van der Waals surface area contributed by atoms with Crippen LogP contribution in [-0.4, -0.2) is 0 Å². The summed E-state index contributed by atoms with van der Waals surface area (Å²) in [6.07, 6.45) is 0. The number of benzene rings is 2. The van der Waals surface area contributed by atoms with E-state index in [1.807, 2.05) is 6.07 Å². The Kier molecular flexibility index (Phi) is 4.70. The van der Waals surface area contributed by atoms with Crippen LogP contribution in [0.1, 0.15) is 16.5 Å². The first-order valence-electron chi connectivity index (χ1n) is 5.02. The highest BCUT2D eigenvalue weighted by atomic mass is 79.9. The standard InChI is InChI=1S/C13H7Br2Cl2F/c14-9-3-8(4-10(16)6-9)13(17)7-1-2-12(18)11(15)5-7/h1-6,13H. The van der Waals surface area contributed by atoms with Gasteiger partial charge in [-0.15, -0.1) is 11.6 Å². The summed E-state index contributed by atoms with van der Waals surface area (Å²) in [6.45, 7) is 0. The first-order chi connectivity index (χ1) is 8.47. The molecule has 0 aliphatic carbocycles. The molecule has 0 saturated heterocycles. The van der Waals surface area contributed by atoms with Gasteiger partial charge in [-0.1, -0.05) is 33.6 Å². The van der Waals surface area contributed by atoms with E-state index in [2.05, 4.69) is 31.9 Å². The number of halogens is 5. The predicted octanol–water partition coefficient (Wildman–Crippen LogP) is 6.33. The minimum absolute atomic E-state index is 0.310. The third-order valence-electron chi connectivity index (χ3n) is 2.41. The van der Waals surface area contributed by atoms with Gasteiger partial charge in [0.15, 0.2) is 0 Å². The molecule has 1 atom stereocenters. The fourth-order valence-corrected chi connectivity index (χ4v) is 3.13. The lowest BCUT2D eigenvalue weighted by Gasteiger charge is -2.12. The maximum atomic E-state index is 13.2. The zero-order valence-electron chi connectivity index (χ0n) is 8.93. The van der Waals surface area contributed by atoms with Crippen molar-refractivity contribution in [3.8, 4) is 0 Å². The van der Waals surface area contributed by atoms with Crippen LogP contribution in [0, 0.1) is 5.82 Å². The molecule has 0 bridgehead atoms. The normalized spacial score (nSPS) is 12.5. The summed E-state index contributed by atoms with van der Waals surface area (Å²) in [5, 5.41) is 0.225. The Morgan fingerprint density at radius 3 is 2.33 bits per heavy atom. The lowest BCUT2D eigenvalue weighted by Crippen LogP contribution is -1.94. The van der Waals surface area contributed by atoms with Crippen LogP contribution >= 0.6 is 55.1 Å². The average molecular weight is 413 g/mol. The summed E-state index contributed by atoms with van der Waals surface area (Å²) >= 11 is 18.9. The molecule has 0 amide bonds. The molecule has 0 fully saturated rings. The van der Waals surface area contributed by atoms with E-state index in [0.29, 0.717) is 9.50 Å². The second-order valence-electron chi connectivity index (χ2n) is 3.74. The lowest BCUT2D eigenvalue weighted by atomic mass is 10.0. The molecular formula is C13H7Br2Cl2F. The van der Waals surface area contributed by atoms with Gasteiger partial charge in [0.2, 0.25) is 0 Å². The molecule has 0 aromatic heterocycles. The van der Waals surface area contributed by atoms with E-state index in [1.165, 1.54) is 6.07 Å². The van der Waals surface area contributed by atoms with Gasteiger partial charge in [-0.3, -0.25) is 0 Å². The molecule has 94 valence electrons. The van der Waals surface area contributed by atoms with Gasteiger partial charge in [-0.25, -0.2) is 4.39 Å². The van der Waals surface area contributed by atoms with Crippen molar-refractivity contribution in [3.05, 3.63) is 67.3 Å². The van der Waals surface area contributed by atoms with Gasteiger partial charge >= 0.3 is 0 Å². The molecule has 2 aromatic rings. The molecule has 2 aromatic carbocycles. The van der Waals surface area contributed by atoms with Crippen molar-refractivity contribution >= 4 is 55.1 Å². The summed E-state index contributed by atoms with van der Waals surface area (Å²) in [5.41, 5.74) is 1.66. The van der Waals surface area contributed by atoms with E-state index >= 15 is 0 Å². The summed E-state index contributed by atoms with van der Waals surface area (Å²) in [4.78, 5) is 0. The van der Waals surface area contributed by atoms with E-state index in [-0.39, 0.29) is 11.2 Å². The molecule has 0 N–H and O–H groups in total. The topological polar surface area (TPSA) is 0 Å². The van der Waals surface area contributed by atoms with Crippen LogP contribution < -0.4 is 0 Å². The first kappa shape index (κ1) is 14.3. The van der Waals surface area contributed by atoms with Gasteiger partial charge in [0.25, 0.3) is 0 Å². The van der Waals surface area contributed by atoms with Crippen LogP contribution in [0.5, 0.6) is 0 Å². The largest absolute Gasteiger partial charge is 0.206 e. The Labute approximate surface area is 131 Å². The highest BCUT2D eigenvalue weighted by Crippen LogP contribution is 2.34. The number of hydrogen-bond donors (Lipinski definition) is 0. The molecule has 0 aliphatic rings. The van der Waals surface area contributed by atoms with Crippen LogP contribution in [0.15, 0.2) is 45.3 Å². The van der Waals surface area contributed by atoms with Crippen LogP contribution in [0.4, 0.5) is 4.39 Å². The Morgan fingerprint density at radius 2 is 1.72 bits per heavy atom. The Balaban J connectivity index is 2.40. The van der Waals surface area contributed by atoms with Gasteiger partial charge < -0.3 is 0 Å². The van der Waals surface area contributed by atoms with Gasteiger partial charge in [-0.2, -0.15) is 0 Å². The maximum Gasteiger partial charge on any atom is 0.137 e. The fraction of sp³-hybridized carbons (Fsp3) is 0.0769. The molecule has 0 nitrogen and oxygen atoms in total. The van der Waals surface area contributed by atoms with E-state index in [1.54, 1.807) is 24.3 Å². The molecule has 2 rings (SSSR count). The van der Waals surface area contributed by atoms with Crippen molar-refractivity contribution in [2.45, 2.75) is 5.38 Å². The van der Waals surface area contributed by atoms with E-state index < -0.39 is 0 Å². The van der Waals surface area contributed by atoms with Crippen LogP contribution in [0.3, 0.4) is 0 Å². The SMILES string of the molecule is Fc1ccc(C(Cl)c2cc(Cl)cc(Br)c2)cc1Br. The molecule has 0 spiro atoms. The number of alkyl halides is 1. The van der Waals surface area contributed by atoms with Gasteiger partial charge in [0, 0.05) is 9.50 Å². The fourth-order valence-electron chi connectivity index (χ4n) is 1.58. The zero-order valence-corrected chi connectivity index (χ0v) is 13.6. The molecule has 5 heteroatoms. The van der Waals surface area contributed by atoms with Crippen molar-refractivity contribution in [2.75, 3.05) is 0 Å². The van der Waals surface area contributed by atoms with Crippen molar-refractivity contribution in [1.82, 2.24) is 0 Å².